The molecular weight excluding hydrogens is 309 g/mol. The highest BCUT2D eigenvalue weighted by atomic mass is 35.5. The summed E-state index contributed by atoms with van der Waals surface area (Å²) < 4.78 is 40.7. The summed E-state index contributed by atoms with van der Waals surface area (Å²) in [6.45, 7) is 1.63. The van der Waals surface area contributed by atoms with E-state index >= 15 is 0 Å². The van der Waals surface area contributed by atoms with Gasteiger partial charge >= 0.3 is 5.97 Å². The second-order valence-corrected chi connectivity index (χ2v) is 6.04. The summed E-state index contributed by atoms with van der Waals surface area (Å²) in [5.74, 6) is -1.03. The largest absolute Gasteiger partial charge is 0.464 e. The Kier molecular flexibility index (Phi) is 7.12. The molecule has 0 aliphatic carbocycles. The average molecular weight is 326 g/mol. The third kappa shape index (κ3) is 4.73. The second kappa shape index (κ2) is 7.56. The van der Waals surface area contributed by atoms with Crippen molar-refractivity contribution in [1.82, 2.24) is 0 Å². The Labute approximate surface area is 123 Å². The molecule has 20 heavy (non-hydrogen) atoms. The fourth-order valence-corrected chi connectivity index (χ4v) is 2.11. The van der Waals surface area contributed by atoms with Crippen molar-refractivity contribution >= 4 is 28.2 Å². The number of nitrogens with two attached hydrogens (primary N) is 1. The van der Waals surface area contributed by atoms with E-state index in [1.54, 1.807) is 6.92 Å². The number of carbonyl (C=O) groups excluding carboxylic acids is 1. The highest BCUT2D eigenvalue weighted by molar-refractivity contribution is 7.90. The molecule has 0 aliphatic rings. The van der Waals surface area contributed by atoms with Crippen LogP contribution in [0.4, 0.5) is 4.39 Å². The van der Waals surface area contributed by atoms with E-state index in [9.17, 15) is 17.6 Å². The van der Waals surface area contributed by atoms with E-state index in [1.165, 1.54) is 24.3 Å². The van der Waals surface area contributed by atoms with Crippen molar-refractivity contribution in [2.75, 3.05) is 12.9 Å². The highest BCUT2D eigenvalue weighted by Crippen LogP contribution is 2.20. The smallest absolute Gasteiger partial charge is 0.342 e. The van der Waals surface area contributed by atoms with Gasteiger partial charge in [-0.1, -0.05) is 12.1 Å². The summed E-state index contributed by atoms with van der Waals surface area (Å²) in [4.78, 5) is 11.3. The minimum atomic E-state index is -3.32. The van der Waals surface area contributed by atoms with Crippen molar-refractivity contribution in [3.05, 3.63) is 29.8 Å². The molecule has 1 aromatic carbocycles. The topological polar surface area (TPSA) is 86.5 Å². The molecule has 0 aliphatic heterocycles. The fraction of sp³-hybridized carbons (Fsp3) is 0.417. The fourth-order valence-electron chi connectivity index (χ4n) is 1.47. The maximum Gasteiger partial charge on any atom is 0.342 e. The number of carbonyl (C=O) groups is 1. The van der Waals surface area contributed by atoms with Crippen LogP contribution in [0, 0.1) is 0 Å². The molecule has 0 aromatic heterocycles. The molecule has 2 N–H and O–H groups in total. The SMILES string of the molecule is CCOC(=O)C(F)[C@@H](N)c1ccc(S(C)(=O)=O)cc1.Cl. The van der Waals surface area contributed by atoms with Gasteiger partial charge in [-0.05, 0) is 24.6 Å². The average Bonchev–Trinajstić information content (AvgIpc) is 2.36. The minimum absolute atomic E-state index is 0. The summed E-state index contributed by atoms with van der Waals surface area (Å²) in [5.41, 5.74) is 5.93. The molecule has 0 bridgehead atoms. The molecule has 114 valence electrons. The van der Waals surface area contributed by atoms with Crippen molar-refractivity contribution in [2.24, 2.45) is 5.73 Å². The predicted octanol–water partition coefficient (Wildman–Crippen LogP) is 1.41. The first-order valence-corrected chi connectivity index (χ1v) is 7.52. The van der Waals surface area contributed by atoms with Gasteiger partial charge in [-0.15, -0.1) is 12.4 Å². The van der Waals surface area contributed by atoms with Crippen molar-refractivity contribution < 1.29 is 22.3 Å². The van der Waals surface area contributed by atoms with Gasteiger partial charge in [0.2, 0.25) is 6.17 Å². The van der Waals surface area contributed by atoms with Gasteiger partial charge < -0.3 is 10.5 Å². The number of hydrogen-bond acceptors (Lipinski definition) is 5. The van der Waals surface area contributed by atoms with E-state index in [0.717, 1.165) is 6.26 Å². The number of hydrogen-bond donors (Lipinski definition) is 1. The van der Waals surface area contributed by atoms with Crippen molar-refractivity contribution in [1.29, 1.82) is 0 Å². The normalized spacial score (nSPS) is 14.0. The van der Waals surface area contributed by atoms with E-state index < -0.39 is 28.0 Å². The first-order valence-electron chi connectivity index (χ1n) is 5.63. The van der Waals surface area contributed by atoms with Gasteiger partial charge in [0.05, 0.1) is 17.5 Å². The third-order valence-corrected chi connectivity index (χ3v) is 3.65. The Bertz CT molecular complexity index is 547. The lowest BCUT2D eigenvalue weighted by molar-refractivity contribution is -0.149. The molecule has 2 atom stereocenters. The van der Waals surface area contributed by atoms with Crippen LogP contribution in [0.1, 0.15) is 18.5 Å². The number of esters is 1. The molecule has 1 unspecified atom stereocenters. The maximum atomic E-state index is 13.7. The molecule has 0 saturated heterocycles. The molecule has 1 rings (SSSR count). The summed E-state index contributed by atoms with van der Waals surface area (Å²) in [6.07, 6.45) is -0.914. The number of benzene rings is 1. The summed E-state index contributed by atoms with van der Waals surface area (Å²) in [5, 5.41) is 0. The molecule has 1 aromatic rings. The first-order chi connectivity index (χ1) is 8.77. The zero-order valence-electron chi connectivity index (χ0n) is 11.1. The molecular formula is C12H17ClFNO4S. The van der Waals surface area contributed by atoms with E-state index in [4.69, 9.17) is 5.73 Å². The van der Waals surface area contributed by atoms with Gasteiger partial charge in [-0.2, -0.15) is 0 Å². The molecule has 5 nitrogen and oxygen atoms in total. The van der Waals surface area contributed by atoms with Gasteiger partial charge in [0.1, 0.15) is 0 Å². The summed E-state index contributed by atoms with van der Waals surface area (Å²) >= 11 is 0. The number of ether oxygens (including phenoxy) is 1. The van der Waals surface area contributed by atoms with E-state index in [1.807, 2.05) is 0 Å². The summed E-state index contributed by atoms with van der Waals surface area (Å²) in [6, 6.07) is 4.22. The van der Waals surface area contributed by atoms with E-state index in [0.29, 0.717) is 5.56 Å². The zero-order valence-corrected chi connectivity index (χ0v) is 12.7. The monoisotopic (exact) mass is 325 g/mol. The molecule has 0 spiro atoms. The van der Waals surface area contributed by atoms with Crippen molar-refractivity contribution in [3.63, 3.8) is 0 Å². The minimum Gasteiger partial charge on any atom is -0.464 e. The molecule has 8 heteroatoms. The van der Waals surface area contributed by atoms with Crippen LogP contribution in [0.15, 0.2) is 29.2 Å². The van der Waals surface area contributed by atoms with Crippen molar-refractivity contribution in [2.45, 2.75) is 24.0 Å². The highest BCUT2D eigenvalue weighted by Gasteiger charge is 2.27. The number of halogens is 2. The Balaban J connectivity index is 0.00000361. The summed E-state index contributed by atoms with van der Waals surface area (Å²) in [7, 11) is -3.32. The Hall–Kier alpha value is -1.18. The Morgan fingerprint density at radius 1 is 1.35 bits per heavy atom. The Morgan fingerprint density at radius 2 is 1.85 bits per heavy atom. The molecule has 0 fully saturated rings. The van der Waals surface area contributed by atoms with Crippen LogP contribution in [0.2, 0.25) is 0 Å². The molecule has 0 radical (unpaired) electrons. The lowest BCUT2D eigenvalue weighted by atomic mass is 10.0. The van der Waals surface area contributed by atoms with Crippen LogP contribution in [-0.2, 0) is 19.4 Å². The van der Waals surface area contributed by atoms with Gasteiger partial charge in [-0.3, -0.25) is 0 Å². The second-order valence-electron chi connectivity index (χ2n) is 4.02. The number of rotatable bonds is 5. The van der Waals surface area contributed by atoms with Crippen LogP contribution in [0.25, 0.3) is 0 Å². The first kappa shape index (κ1) is 18.8. The van der Waals surface area contributed by atoms with Gasteiger partial charge in [-0.25, -0.2) is 17.6 Å². The van der Waals surface area contributed by atoms with Crippen molar-refractivity contribution in [3.8, 4) is 0 Å². The van der Waals surface area contributed by atoms with Crippen LogP contribution >= 0.6 is 12.4 Å². The molecule has 0 heterocycles. The van der Waals surface area contributed by atoms with Crippen LogP contribution < -0.4 is 5.73 Å². The van der Waals surface area contributed by atoms with E-state index in [2.05, 4.69) is 4.74 Å². The quantitative estimate of drug-likeness (QED) is 0.827. The zero-order chi connectivity index (χ0) is 14.6. The lowest BCUT2D eigenvalue weighted by Gasteiger charge is -2.16. The van der Waals surface area contributed by atoms with Gasteiger partial charge in [0.15, 0.2) is 9.84 Å². The van der Waals surface area contributed by atoms with Gasteiger partial charge in [0.25, 0.3) is 0 Å². The van der Waals surface area contributed by atoms with Crippen LogP contribution in [0.5, 0.6) is 0 Å². The van der Waals surface area contributed by atoms with Crippen LogP contribution in [-0.4, -0.2) is 33.4 Å². The van der Waals surface area contributed by atoms with E-state index in [-0.39, 0.29) is 23.9 Å². The van der Waals surface area contributed by atoms with Gasteiger partial charge in [0, 0.05) is 6.26 Å². The molecule has 0 amide bonds. The third-order valence-electron chi connectivity index (χ3n) is 2.52. The van der Waals surface area contributed by atoms with Crippen LogP contribution in [0.3, 0.4) is 0 Å². The molecule has 0 saturated carbocycles. The standard InChI is InChI=1S/C12H16FNO4S.ClH/c1-3-18-12(15)10(13)11(14)8-4-6-9(7-5-8)19(2,16)17;/h4-7,10-11H,3,14H2,1-2H3;1H/t10?,11-;/m0./s1. The lowest BCUT2D eigenvalue weighted by Crippen LogP contribution is -2.31. The number of sulfone groups is 1. The maximum absolute atomic E-state index is 13.7. The predicted molar refractivity (Wildman–Crippen MR) is 75.3 cm³/mol. The Morgan fingerprint density at radius 3 is 2.25 bits per heavy atom. The number of alkyl halides is 1.